The minimum Gasteiger partial charge on any atom is -0.491 e. The van der Waals surface area contributed by atoms with Crippen molar-refractivity contribution in [1.29, 1.82) is 0 Å². The normalized spacial score (nSPS) is 19.7. The zero-order chi connectivity index (χ0) is 17.6. The van der Waals surface area contributed by atoms with Gasteiger partial charge >= 0.3 is 0 Å². The molecule has 2 aromatic rings. The van der Waals surface area contributed by atoms with Crippen LogP contribution in [0.15, 0.2) is 30.9 Å². The molecule has 6 heteroatoms. The number of hydrogen-bond acceptors (Lipinski definition) is 5. The summed E-state index contributed by atoms with van der Waals surface area (Å²) < 4.78 is 7.73. The molecule has 0 amide bonds. The van der Waals surface area contributed by atoms with Crippen LogP contribution in [-0.2, 0) is 6.54 Å². The molecule has 1 saturated heterocycles. The number of aryl methyl sites for hydroxylation is 2. The fourth-order valence-corrected chi connectivity index (χ4v) is 3.46. The van der Waals surface area contributed by atoms with Crippen LogP contribution >= 0.6 is 0 Å². The topological polar surface area (TPSA) is 63.4 Å². The number of hydrogen-bond donors (Lipinski definition) is 1. The van der Waals surface area contributed by atoms with Crippen LogP contribution in [0, 0.1) is 19.8 Å². The Labute approximate surface area is 149 Å². The van der Waals surface area contributed by atoms with Gasteiger partial charge in [0.25, 0.3) is 0 Å². The van der Waals surface area contributed by atoms with Gasteiger partial charge in [-0.1, -0.05) is 12.1 Å². The monoisotopic (exact) mass is 344 g/mol. The summed E-state index contributed by atoms with van der Waals surface area (Å²) in [6.45, 7) is 7.97. The van der Waals surface area contributed by atoms with Crippen molar-refractivity contribution in [3.8, 4) is 5.75 Å². The number of ether oxygens (including phenoxy) is 1. The summed E-state index contributed by atoms with van der Waals surface area (Å²) in [4.78, 5) is 6.34. The second kappa shape index (κ2) is 8.45. The van der Waals surface area contributed by atoms with E-state index in [1.54, 1.807) is 12.7 Å². The minimum absolute atomic E-state index is 0.328. The third-order valence-corrected chi connectivity index (χ3v) is 4.76. The molecule has 1 fully saturated rings. The van der Waals surface area contributed by atoms with Gasteiger partial charge in [0, 0.05) is 19.6 Å². The first-order chi connectivity index (χ1) is 12.1. The quantitative estimate of drug-likeness (QED) is 0.833. The lowest BCUT2D eigenvalue weighted by Gasteiger charge is -2.33. The zero-order valence-electron chi connectivity index (χ0n) is 15.1. The largest absolute Gasteiger partial charge is 0.491 e. The van der Waals surface area contributed by atoms with Crippen LogP contribution in [0.4, 0.5) is 0 Å². The van der Waals surface area contributed by atoms with Gasteiger partial charge in [-0.2, -0.15) is 5.10 Å². The predicted molar refractivity (Wildman–Crippen MR) is 96.6 cm³/mol. The van der Waals surface area contributed by atoms with Gasteiger partial charge < -0.3 is 14.7 Å². The summed E-state index contributed by atoms with van der Waals surface area (Å²) in [6, 6.07) is 6.15. The number of aromatic nitrogens is 3. The Hall–Kier alpha value is -1.92. The summed E-state index contributed by atoms with van der Waals surface area (Å²) in [5, 5.41) is 14.6. The van der Waals surface area contributed by atoms with Crippen molar-refractivity contribution >= 4 is 0 Å². The summed E-state index contributed by atoms with van der Waals surface area (Å²) >= 11 is 0. The zero-order valence-corrected chi connectivity index (χ0v) is 15.1. The maximum Gasteiger partial charge on any atom is 0.137 e. The van der Waals surface area contributed by atoms with Gasteiger partial charge in [0.05, 0.1) is 0 Å². The van der Waals surface area contributed by atoms with E-state index in [2.05, 4.69) is 27.1 Å². The summed E-state index contributed by atoms with van der Waals surface area (Å²) in [6.07, 6.45) is 5.22. The molecule has 25 heavy (non-hydrogen) atoms. The van der Waals surface area contributed by atoms with Crippen LogP contribution in [0.25, 0.3) is 0 Å². The Bertz CT molecular complexity index is 659. The van der Waals surface area contributed by atoms with Crippen molar-refractivity contribution in [2.45, 2.75) is 39.3 Å². The first-order valence-electron chi connectivity index (χ1n) is 9.03. The van der Waals surface area contributed by atoms with E-state index < -0.39 is 6.10 Å². The molecule has 6 nitrogen and oxygen atoms in total. The number of aliphatic hydroxyl groups excluding tert-OH is 1. The molecule has 1 aliphatic heterocycles. The average Bonchev–Trinajstić information content (AvgIpc) is 3.09. The van der Waals surface area contributed by atoms with Crippen molar-refractivity contribution in [3.05, 3.63) is 42.0 Å². The van der Waals surface area contributed by atoms with Gasteiger partial charge in [-0.05, 0) is 56.3 Å². The van der Waals surface area contributed by atoms with Crippen molar-refractivity contribution in [2.24, 2.45) is 5.92 Å². The van der Waals surface area contributed by atoms with Crippen molar-refractivity contribution < 1.29 is 9.84 Å². The van der Waals surface area contributed by atoms with Crippen LogP contribution < -0.4 is 4.74 Å². The summed E-state index contributed by atoms with van der Waals surface area (Å²) in [5.74, 6) is 1.42. The molecule has 1 N–H and O–H groups in total. The Morgan fingerprint density at radius 2 is 2.24 bits per heavy atom. The highest BCUT2D eigenvalue weighted by Gasteiger charge is 2.22. The van der Waals surface area contributed by atoms with Crippen LogP contribution in [0.1, 0.15) is 24.0 Å². The van der Waals surface area contributed by atoms with Crippen molar-refractivity contribution in [2.75, 3.05) is 26.2 Å². The fourth-order valence-electron chi connectivity index (χ4n) is 3.46. The van der Waals surface area contributed by atoms with Gasteiger partial charge in [-0.15, -0.1) is 0 Å². The lowest BCUT2D eigenvalue weighted by Crippen LogP contribution is -2.42. The molecule has 3 rings (SSSR count). The molecule has 0 unspecified atom stereocenters. The van der Waals surface area contributed by atoms with Crippen LogP contribution in [0.5, 0.6) is 5.75 Å². The average molecular weight is 344 g/mol. The third-order valence-electron chi connectivity index (χ3n) is 4.76. The van der Waals surface area contributed by atoms with E-state index in [0.29, 0.717) is 19.1 Å². The molecule has 1 aliphatic rings. The highest BCUT2D eigenvalue weighted by molar-refractivity contribution is 5.35. The second-order valence-electron chi connectivity index (χ2n) is 7.12. The lowest BCUT2D eigenvalue weighted by molar-refractivity contribution is 0.0493. The Balaban J connectivity index is 1.45. The first-order valence-corrected chi connectivity index (χ1v) is 9.03. The number of benzene rings is 1. The maximum absolute atomic E-state index is 10.4. The van der Waals surface area contributed by atoms with Crippen LogP contribution in [-0.4, -0.2) is 57.1 Å². The molecule has 0 radical (unpaired) electrons. The molecule has 2 heterocycles. The predicted octanol–water partition coefficient (Wildman–Crippen LogP) is 2.05. The van der Waals surface area contributed by atoms with Crippen molar-refractivity contribution in [3.63, 3.8) is 0 Å². The van der Waals surface area contributed by atoms with Gasteiger partial charge in [0.15, 0.2) is 0 Å². The van der Waals surface area contributed by atoms with Gasteiger partial charge in [-0.25, -0.2) is 4.98 Å². The summed E-state index contributed by atoms with van der Waals surface area (Å²) in [7, 11) is 0. The molecule has 1 aromatic carbocycles. The van der Waals surface area contributed by atoms with E-state index in [0.717, 1.165) is 37.4 Å². The smallest absolute Gasteiger partial charge is 0.137 e. The SMILES string of the molecule is Cc1ccc(C)c(OC[C@@H](O)CN2CCC[C@@H](Cn3cncn3)C2)c1. The van der Waals surface area contributed by atoms with E-state index in [4.69, 9.17) is 4.74 Å². The molecule has 0 saturated carbocycles. The molecule has 0 spiro atoms. The highest BCUT2D eigenvalue weighted by atomic mass is 16.5. The van der Waals surface area contributed by atoms with E-state index in [9.17, 15) is 5.11 Å². The molecule has 0 bridgehead atoms. The standard InChI is InChI=1S/C19H28N4O2/c1-15-5-6-16(2)19(8-15)25-12-18(24)11-22-7-3-4-17(9-22)10-23-14-20-13-21-23/h5-6,8,13-14,17-18,24H,3-4,7,9-12H2,1-2H3/t17-,18+/m1/s1. The Morgan fingerprint density at radius 1 is 1.36 bits per heavy atom. The molecule has 2 atom stereocenters. The third kappa shape index (κ3) is 5.28. The van der Waals surface area contributed by atoms with E-state index in [1.165, 1.54) is 12.0 Å². The second-order valence-corrected chi connectivity index (χ2v) is 7.12. The molecule has 136 valence electrons. The Kier molecular flexibility index (Phi) is 6.04. The van der Waals surface area contributed by atoms with E-state index >= 15 is 0 Å². The minimum atomic E-state index is -0.481. The van der Waals surface area contributed by atoms with Crippen molar-refractivity contribution in [1.82, 2.24) is 19.7 Å². The maximum atomic E-state index is 10.4. The Morgan fingerprint density at radius 3 is 3.04 bits per heavy atom. The fraction of sp³-hybridized carbons (Fsp3) is 0.579. The molecule has 0 aliphatic carbocycles. The first kappa shape index (κ1) is 17.9. The van der Waals surface area contributed by atoms with Crippen LogP contribution in [0.2, 0.25) is 0 Å². The highest BCUT2D eigenvalue weighted by Crippen LogP contribution is 2.20. The van der Waals surface area contributed by atoms with Crippen LogP contribution in [0.3, 0.4) is 0 Å². The number of β-amino-alcohol motifs (C(OH)–C–C–N with tert-alkyl or cyclic N) is 1. The van der Waals surface area contributed by atoms with E-state index in [1.807, 2.05) is 24.6 Å². The number of rotatable bonds is 7. The number of nitrogens with zero attached hydrogens (tertiary/aromatic N) is 4. The van der Waals surface area contributed by atoms with Gasteiger partial charge in [0.2, 0.25) is 0 Å². The molecular weight excluding hydrogens is 316 g/mol. The number of likely N-dealkylation sites (tertiary alicyclic amines) is 1. The van der Waals surface area contributed by atoms with Gasteiger partial charge in [-0.3, -0.25) is 4.68 Å². The van der Waals surface area contributed by atoms with Gasteiger partial charge in [0.1, 0.15) is 31.1 Å². The lowest BCUT2D eigenvalue weighted by atomic mass is 9.98. The molecule has 1 aromatic heterocycles. The van der Waals surface area contributed by atoms with E-state index in [-0.39, 0.29) is 0 Å². The number of aliphatic hydroxyl groups is 1. The summed E-state index contributed by atoms with van der Waals surface area (Å²) in [5.41, 5.74) is 2.27. The molecular formula is C19H28N4O2. The number of piperidine rings is 1.